The lowest BCUT2D eigenvalue weighted by molar-refractivity contribution is -0.139. The minimum absolute atomic E-state index is 0.0887. The van der Waals surface area contributed by atoms with Crippen LogP contribution in [0.1, 0.15) is 38.2 Å². The average Bonchev–Trinajstić information content (AvgIpc) is 2.51. The lowest BCUT2D eigenvalue weighted by Crippen LogP contribution is -2.14. The molecule has 0 radical (unpaired) electrons. The Balaban J connectivity index is 2.36. The van der Waals surface area contributed by atoms with Crippen LogP contribution in [0.5, 0.6) is 5.75 Å². The van der Waals surface area contributed by atoms with E-state index in [1.54, 1.807) is 18.2 Å². The number of aliphatic carboxylic acids is 1. The Morgan fingerprint density at radius 1 is 1.35 bits per heavy atom. The van der Waals surface area contributed by atoms with Gasteiger partial charge in [0.05, 0.1) is 5.02 Å². The molecule has 0 heterocycles. The number of carboxylic acid groups (broad SMARTS) is 1. The van der Waals surface area contributed by atoms with E-state index in [1.165, 1.54) is 0 Å². The topological polar surface area (TPSA) is 63.6 Å². The highest BCUT2D eigenvalue weighted by molar-refractivity contribution is 6.44. The second kappa shape index (κ2) is 7.84. The third kappa shape index (κ3) is 4.27. The van der Waals surface area contributed by atoms with Crippen molar-refractivity contribution in [3.05, 3.63) is 33.8 Å². The molecule has 1 aliphatic carbocycles. The van der Waals surface area contributed by atoms with Crippen molar-refractivity contribution in [3.8, 4) is 5.75 Å². The van der Waals surface area contributed by atoms with Crippen LogP contribution in [0.15, 0.2) is 18.2 Å². The molecule has 0 saturated heterocycles. The van der Waals surface area contributed by atoms with Gasteiger partial charge >= 0.3 is 5.97 Å². The number of ether oxygens (including phenoxy) is 1. The summed E-state index contributed by atoms with van der Waals surface area (Å²) in [7, 11) is 0. The van der Waals surface area contributed by atoms with Crippen LogP contribution in [0, 0.1) is 5.92 Å². The minimum Gasteiger partial charge on any atom is -0.480 e. The molecule has 124 valence electrons. The van der Waals surface area contributed by atoms with E-state index in [4.69, 9.17) is 33.0 Å². The lowest BCUT2D eigenvalue weighted by atomic mass is 9.81. The van der Waals surface area contributed by atoms with Gasteiger partial charge in [-0.2, -0.15) is 0 Å². The van der Waals surface area contributed by atoms with Gasteiger partial charge in [0.2, 0.25) is 0 Å². The summed E-state index contributed by atoms with van der Waals surface area (Å²) in [4.78, 5) is 22.4. The Labute approximate surface area is 145 Å². The fourth-order valence-electron chi connectivity index (χ4n) is 2.79. The Hall–Kier alpha value is -1.52. The molecule has 6 heteroatoms. The molecule has 0 amide bonds. The maximum Gasteiger partial charge on any atom is 0.341 e. The minimum atomic E-state index is -1.09. The van der Waals surface area contributed by atoms with Gasteiger partial charge in [-0.15, -0.1) is 0 Å². The van der Waals surface area contributed by atoms with Crippen LogP contribution in [0.4, 0.5) is 0 Å². The normalized spacial score (nSPS) is 17.8. The summed E-state index contributed by atoms with van der Waals surface area (Å²) in [5, 5.41) is 9.12. The summed E-state index contributed by atoms with van der Waals surface area (Å²) in [6.07, 6.45) is 5.01. The zero-order chi connectivity index (χ0) is 17.0. The van der Waals surface area contributed by atoms with Crippen molar-refractivity contribution >= 4 is 40.5 Å². The van der Waals surface area contributed by atoms with E-state index >= 15 is 0 Å². The summed E-state index contributed by atoms with van der Waals surface area (Å²) < 4.78 is 5.11. The lowest BCUT2D eigenvalue weighted by Gasteiger charge is -2.25. The molecule has 0 saturated carbocycles. The molecule has 1 aromatic rings. The molecule has 2 rings (SSSR count). The number of allylic oxidation sites excluding steroid dienone is 2. The first-order valence-corrected chi connectivity index (χ1v) is 8.27. The molecule has 0 aromatic heterocycles. The molecule has 1 N–H and O–H groups in total. The first-order chi connectivity index (χ1) is 10.9. The van der Waals surface area contributed by atoms with Crippen molar-refractivity contribution in [2.45, 2.75) is 32.6 Å². The van der Waals surface area contributed by atoms with Gasteiger partial charge in [0.25, 0.3) is 0 Å². The Morgan fingerprint density at radius 3 is 2.74 bits per heavy atom. The highest BCUT2D eigenvalue weighted by Crippen LogP contribution is 2.42. The molecule has 1 aliphatic rings. The fraction of sp³-hybridized carbons (Fsp3) is 0.412. The van der Waals surface area contributed by atoms with Crippen LogP contribution in [0.3, 0.4) is 0 Å². The zero-order valence-electron chi connectivity index (χ0n) is 12.8. The van der Waals surface area contributed by atoms with E-state index in [2.05, 4.69) is 6.92 Å². The van der Waals surface area contributed by atoms with Crippen LogP contribution >= 0.6 is 23.2 Å². The summed E-state index contributed by atoms with van der Waals surface area (Å²) in [6, 6.07) is 3.33. The highest BCUT2D eigenvalue weighted by Gasteiger charge is 2.25. The van der Waals surface area contributed by atoms with E-state index in [0.29, 0.717) is 12.0 Å². The number of ketones is 1. The molecule has 0 bridgehead atoms. The number of benzene rings is 1. The van der Waals surface area contributed by atoms with E-state index in [9.17, 15) is 9.59 Å². The fourth-order valence-corrected chi connectivity index (χ4v) is 3.27. The maximum absolute atomic E-state index is 11.8. The molecule has 4 nitrogen and oxygen atoms in total. The predicted molar refractivity (Wildman–Crippen MR) is 90.2 cm³/mol. The number of hydrogen-bond acceptors (Lipinski definition) is 3. The monoisotopic (exact) mass is 356 g/mol. The van der Waals surface area contributed by atoms with Crippen molar-refractivity contribution in [2.24, 2.45) is 5.92 Å². The number of carboxylic acids is 1. The van der Waals surface area contributed by atoms with Gasteiger partial charge in [0.15, 0.2) is 12.4 Å². The quantitative estimate of drug-likeness (QED) is 0.807. The second-order valence-electron chi connectivity index (χ2n) is 5.51. The van der Waals surface area contributed by atoms with Crippen molar-refractivity contribution in [1.29, 1.82) is 0 Å². The molecule has 0 aliphatic heterocycles. The van der Waals surface area contributed by atoms with Gasteiger partial charge < -0.3 is 9.84 Å². The molecule has 1 atom stereocenters. The highest BCUT2D eigenvalue weighted by atomic mass is 35.5. The zero-order valence-corrected chi connectivity index (χ0v) is 14.3. The molecular formula is C17H18Cl2O4. The largest absolute Gasteiger partial charge is 0.480 e. The number of halogens is 2. The molecule has 1 aromatic carbocycles. The third-order valence-corrected chi connectivity index (χ3v) is 4.71. The van der Waals surface area contributed by atoms with Crippen LogP contribution in [-0.2, 0) is 9.59 Å². The Morgan fingerprint density at radius 2 is 2.09 bits per heavy atom. The van der Waals surface area contributed by atoms with E-state index < -0.39 is 12.6 Å². The number of carbonyl (C=O) groups excluding carboxylic acids is 1. The van der Waals surface area contributed by atoms with Crippen LogP contribution in [0.25, 0.3) is 5.57 Å². The van der Waals surface area contributed by atoms with E-state index in [1.807, 2.05) is 0 Å². The van der Waals surface area contributed by atoms with Crippen molar-refractivity contribution in [1.82, 2.24) is 0 Å². The SMILES string of the molecule is CCCC1CCC(=O)C=C1c1ccc(OCC(=O)O)c(Cl)c1Cl. The van der Waals surface area contributed by atoms with Crippen molar-refractivity contribution < 1.29 is 19.4 Å². The van der Waals surface area contributed by atoms with Crippen LogP contribution in [0.2, 0.25) is 10.0 Å². The first kappa shape index (κ1) is 17.8. The molecule has 0 spiro atoms. The van der Waals surface area contributed by atoms with Gasteiger partial charge in [-0.3, -0.25) is 4.79 Å². The maximum atomic E-state index is 11.8. The smallest absolute Gasteiger partial charge is 0.341 e. The molecule has 0 fully saturated rings. The number of hydrogen-bond donors (Lipinski definition) is 1. The van der Waals surface area contributed by atoms with Gasteiger partial charge in [-0.1, -0.05) is 36.5 Å². The van der Waals surface area contributed by atoms with Gasteiger partial charge in [-0.25, -0.2) is 4.79 Å². The molecular weight excluding hydrogens is 339 g/mol. The number of carbonyl (C=O) groups is 2. The third-order valence-electron chi connectivity index (χ3n) is 3.84. The summed E-state index contributed by atoms with van der Waals surface area (Å²) in [5.41, 5.74) is 1.62. The van der Waals surface area contributed by atoms with Crippen LogP contribution < -0.4 is 4.74 Å². The summed E-state index contributed by atoms with van der Waals surface area (Å²) in [5.74, 6) is -0.509. The predicted octanol–water partition coefficient (Wildman–Crippen LogP) is 4.62. The number of rotatable bonds is 6. The summed E-state index contributed by atoms with van der Waals surface area (Å²) >= 11 is 12.5. The Bertz CT molecular complexity index is 652. The average molecular weight is 357 g/mol. The Kier molecular flexibility index (Phi) is 6.08. The molecule has 23 heavy (non-hydrogen) atoms. The van der Waals surface area contributed by atoms with Crippen LogP contribution in [-0.4, -0.2) is 23.5 Å². The second-order valence-corrected chi connectivity index (χ2v) is 6.27. The summed E-state index contributed by atoms with van der Waals surface area (Å²) in [6.45, 7) is 1.61. The van der Waals surface area contributed by atoms with Crippen molar-refractivity contribution in [3.63, 3.8) is 0 Å². The van der Waals surface area contributed by atoms with Gasteiger partial charge in [-0.05, 0) is 48.1 Å². The van der Waals surface area contributed by atoms with E-state index in [-0.39, 0.29) is 27.5 Å². The van der Waals surface area contributed by atoms with Crippen molar-refractivity contribution in [2.75, 3.05) is 6.61 Å². The standard InChI is InChI=1S/C17H18Cl2O4/c1-2-3-10-4-5-11(20)8-13(10)12-6-7-14(17(19)16(12)18)23-9-15(21)22/h6-8,10H,2-5,9H2,1H3,(H,21,22). The first-order valence-electron chi connectivity index (χ1n) is 7.51. The van der Waals surface area contributed by atoms with Gasteiger partial charge in [0, 0.05) is 6.42 Å². The molecule has 1 unspecified atom stereocenters. The van der Waals surface area contributed by atoms with Gasteiger partial charge in [0.1, 0.15) is 10.8 Å². The van der Waals surface area contributed by atoms with E-state index in [0.717, 1.165) is 24.8 Å².